The van der Waals surface area contributed by atoms with Gasteiger partial charge in [0.2, 0.25) is 0 Å². The summed E-state index contributed by atoms with van der Waals surface area (Å²) >= 11 is 3.58. The molecule has 0 spiro atoms. The summed E-state index contributed by atoms with van der Waals surface area (Å²) in [7, 11) is 1.95. The summed E-state index contributed by atoms with van der Waals surface area (Å²) in [6.07, 6.45) is 0.934. The highest BCUT2D eigenvalue weighted by molar-refractivity contribution is 9.10. The fourth-order valence-electron chi connectivity index (χ4n) is 1.57. The lowest BCUT2D eigenvalue weighted by molar-refractivity contribution is 0.116. The summed E-state index contributed by atoms with van der Waals surface area (Å²) in [6, 6.07) is 0.508. The topological polar surface area (TPSA) is 39.1 Å². The molecule has 1 aromatic heterocycles. The molecule has 17 heavy (non-hydrogen) atoms. The van der Waals surface area contributed by atoms with E-state index in [1.165, 1.54) is 0 Å². The van der Waals surface area contributed by atoms with Gasteiger partial charge in [-0.05, 0) is 22.4 Å². The minimum absolute atomic E-state index is 0.508. The molecule has 1 heterocycles. The number of hydrogen-bond donors (Lipinski definition) is 1. The fourth-order valence-corrected chi connectivity index (χ4v) is 2.30. The average molecular weight is 304 g/mol. The van der Waals surface area contributed by atoms with Crippen LogP contribution >= 0.6 is 15.9 Å². The van der Waals surface area contributed by atoms with Crippen LogP contribution in [0.5, 0.6) is 0 Å². The molecule has 0 bridgehead atoms. The standard InChI is InChI=1S/C12H22BrN3O/c1-5-10-12(13)11(16(4)15-10)8-17-7-6-14-9(2)3/h9,14H,5-8H2,1-4H3. The zero-order chi connectivity index (χ0) is 12.8. The van der Waals surface area contributed by atoms with Crippen LogP contribution in [0.4, 0.5) is 0 Å². The monoisotopic (exact) mass is 303 g/mol. The Balaban J connectivity index is 2.39. The molecule has 1 aromatic rings. The van der Waals surface area contributed by atoms with Crippen molar-refractivity contribution in [1.29, 1.82) is 0 Å². The number of ether oxygens (including phenoxy) is 1. The summed E-state index contributed by atoms with van der Waals surface area (Å²) in [5, 5.41) is 7.75. The molecule has 0 fully saturated rings. The van der Waals surface area contributed by atoms with Crippen LogP contribution in [-0.4, -0.2) is 29.0 Å². The zero-order valence-electron chi connectivity index (χ0n) is 11.1. The van der Waals surface area contributed by atoms with Crippen molar-refractivity contribution in [2.24, 2.45) is 7.05 Å². The summed E-state index contributed by atoms with van der Waals surface area (Å²) in [5.74, 6) is 0. The van der Waals surface area contributed by atoms with E-state index in [0.717, 1.165) is 35.4 Å². The van der Waals surface area contributed by atoms with Gasteiger partial charge in [0.15, 0.2) is 0 Å². The van der Waals surface area contributed by atoms with E-state index in [2.05, 4.69) is 47.1 Å². The summed E-state index contributed by atoms with van der Waals surface area (Å²) < 4.78 is 8.61. The van der Waals surface area contributed by atoms with Gasteiger partial charge in [-0.3, -0.25) is 4.68 Å². The maximum Gasteiger partial charge on any atom is 0.0896 e. The average Bonchev–Trinajstić information content (AvgIpc) is 2.54. The second kappa shape index (κ2) is 7.13. The first-order valence-corrected chi connectivity index (χ1v) is 6.86. The van der Waals surface area contributed by atoms with Crippen molar-refractivity contribution >= 4 is 15.9 Å². The van der Waals surface area contributed by atoms with Crippen LogP contribution in [0.15, 0.2) is 4.47 Å². The molecular weight excluding hydrogens is 282 g/mol. The van der Waals surface area contributed by atoms with Gasteiger partial charge in [0.05, 0.1) is 29.1 Å². The lowest BCUT2D eigenvalue weighted by Gasteiger charge is -2.09. The predicted molar refractivity (Wildman–Crippen MR) is 73.1 cm³/mol. The Hall–Kier alpha value is -0.390. The van der Waals surface area contributed by atoms with E-state index >= 15 is 0 Å². The highest BCUT2D eigenvalue weighted by Crippen LogP contribution is 2.21. The first-order chi connectivity index (χ1) is 8.06. The SMILES string of the molecule is CCc1nn(C)c(COCCNC(C)C)c1Br. The van der Waals surface area contributed by atoms with Crippen molar-refractivity contribution < 1.29 is 4.74 Å². The van der Waals surface area contributed by atoms with Gasteiger partial charge in [-0.1, -0.05) is 20.8 Å². The number of aryl methyl sites for hydroxylation is 2. The van der Waals surface area contributed by atoms with Gasteiger partial charge in [-0.2, -0.15) is 5.10 Å². The van der Waals surface area contributed by atoms with Gasteiger partial charge >= 0.3 is 0 Å². The highest BCUT2D eigenvalue weighted by atomic mass is 79.9. The van der Waals surface area contributed by atoms with Gasteiger partial charge in [-0.15, -0.1) is 0 Å². The molecule has 0 radical (unpaired) electrons. The zero-order valence-corrected chi connectivity index (χ0v) is 12.7. The Bertz CT molecular complexity index is 350. The fraction of sp³-hybridized carbons (Fsp3) is 0.750. The third-order valence-electron chi connectivity index (χ3n) is 2.54. The van der Waals surface area contributed by atoms with E-state index in [1.54, 1.807) is 0 Å². The normalized spacial score (nSPS) is 11.4. The molecule has 4 nitrogen and oxygen atoms in total. The first kappa shape index (κ1) is 14.7. The molecule has 1 rings (SSSR count). The molecule has 0 aliphatic heterocycles. The maximum absolute atomic E-state index is 5.64. The van der Waals surface area contributed by atoms with E-state index < -0.39 is 0 Å². The van der Waals surface area contributed by atoms with Crippen LogP contribution in [0.2, 0.25) is 0 Å². The number of nitrogens with zero attached hydrogens (tertiary/aromatic N) is 2. The van der Waals surface area contributed by atoms with Crippen molar-refractivity contribution in [2.45, 2.75) is 39.8 Å². The van der Waals surface area contributed by atoms with Crippen LogP contribution in [0.1, 0.15) is 32.2 Å². The molecule has 0 atom stereocenters. The van der Waals surface area contributed by atoms with E-state index in [-0.39, 0.29) is 0 Å². The third kappa shape index (κ3) is 4.41. The molecule has 0 saturated heterocycles. The van der Waals surface area contributed by atoms with Gasteiger partial charge in [0.1, 0.15) is 0 Å². The molecule has 0 aromatic carbocycles. The molecule has 98 valence electrons. The maximum atomic E-state index is 5.64. The Morgan fingerprint density at radius 3 is 2.71 bits per heavy atom. The molecule has 0 amide bonds. The largest absolute Gasteiger partial charge is 0.374 e. The van der Waals surface area contributed by atoms with Crippen molar-refractivity contribution in [3.63, 3.8) is 0 Å². The van der Waals surface area contributed by atoms with Crippen molar-refractivity contribution in [3.05, 3.63) is 15.9 Å². The van der Waals surface area contributed by atoms with E-state index in [9.17, 15) is 0 Å². The Morgan fingerprint density at radius 1 is 1.47 bits per heavy atom. The number of aromatic nitrogens is 2. The van der Waals surface area contributed by atoms with Crippen molar-refractivity contribution in [2.75, 3.05) is 13.2 Å². The van der Waals surface area contributed by atoms with Gasteiger partial charge in [0, 0.05) is 19.6 Å². The molecule has 0 aliphatic carbocycles. The summed E-state index contributed by atoms with van der Waals surface area (Å²) in [6.45, 7) is 8.57. The van der Waals surface area contributed by atoms with E-state index in [0.29, 0.717) is 12.6 Å². The number of hydrogen-bond acceptors (Lipinski definition) is 3. The van der Waals surface area contributed by atoms with Crippen LogP contribution in [0.25, 0.3) is 0 Å². The number of nitrogens with one attached hydrogen (secondary N) is 1. The second-order valence-corrected chi connectivity index (χ2v) is 5.14. The van der Waals surface area contributed by atoms with Crippen LogP contribution in [-0.2, 0) is 24.8 Å². The van der Waals surface area contributed by atoms with Crippen molar-refractivity contribution in [3.8, 4) is 0 Å². The lowest BCUT2D eigenvalue weighted by atomic mass is 10.3. The van der Waals surface area contributed by atoms with Gasteiger partial charge in [0.25, 0.3) is 0 Å². The van der Waals surface area contributed by atoms with E-state index in [4.69, 9.17) is 4.74 Å². The second-order valence-electron chi connectivity index (χ2n) is 4.35. The van der Waals surface area contributed by atoms with Gasteiger partial charge in [-0.25, -0.2) is 0 Å². The molecule has 5 heteroatoms. The lowest BCUT2D eigenvalue weighted by Crippen LogP contribution is -2.26. The van der Waals surface area contributed by atoms with Crippen LogP contribution in [0.3, 0.4) is 0 Å². The molecule has 1 N–H and O–H groups in total. The van der Waals surface area contributed by atoms with Gasteiger partial charge < -0.3 is 10.1 Å². The molecule has 0 saturated carbocycles. The first-order valence-electron chi connectivity index (χ1n) is 6.07. The summed E-state index contributed by atoms with van der Waals surface area (Å²) in [5.41, 5.74) is 2.19. The van der Waals surface area contributed by atoms with Crippen LogP contribution < -0.4 is 5.32 Å². The summed E-state index contributed by atoms with van der Waals surface area (Å²) in [4.78, 5) is 0. The smallest absolute Gasteiger partial charge is 0.0896 e. The molecule has 0 unspecified atom stereocenters. The Labute approximate surface area is 112 Å². The minimum atomic E-state index is 0.508. The highest BCUT2D eigenvalue weighted by Gasteiger charge is 2.11. The number of halogens is 1. The molecular formula is C12H22BrN3O. The van der Waals surface area contributed by atoms with Crippen molar-refractivity contribution in [1.82, 2.24) is 15.1 Å². The Morgan fingerprint density at radius 2 is 2.18 bits per heavy atom. The Kier molecular flexibility index (Phi) is 6.16. The third-order valence-corrected chi connectivity index (χ3v) is 3.46. The van der Waals surface area contributed by atoms with E-state index in [1.807, 2.05) is 11.7 Å². The number of rotatable bonds is 7. The quantitative estimate of drug-likeness (QED) is 0.785. The van der Waals surface area contributed by atoms with Crippen LogP contribution in [0, 0.1) is 0 Å². The predicted octanol–water partition coefficient (Wildman–Crippen LogP) is 2.26. The molecule has 0 aliphatic rings. The minimum Gasteiger partial charge on any atom is -0.374 e.